The molecule has 2 aromatic heterocycles. The molecule has 14 heavy (non-hydrogen) atoms. The fourth-order valence-corrected chi connectivity index (χ4v) is 3.39. The fourth-order valence-electron chi connectivity index (χ4n) is 1.78. The lowest BCUT2D eigenvalue weighted by Crippen LogP contribution is -1.83. The second-order valence-electron chi connectivity index (χ2n) is 3.12. The third-order valence-electron chi connectivity index (χ3n) is 2.37. The zero-order chi connectivity index (χ0) is 10.1. The summed E-state index contributed by atoms with van der Waals surface area (Å²) in [5.74, 6) is 0. The van der Waals surface area contributed by atoms with Crippen LogP contribution in [0.5, 0.6) is 0 Å². The van der Waals surface area contributed by atoms with E-state index in [1.807, 2.05) is 23.5 Å². The summed E-state index contributed by atoms with van der Waals surface area (Å²) in [6.07, 6.45) is 6.40. The summed E-state index contributed by atoms with van der Waals surface area (Å²) in [5, 5.41) is 1.35. The van der Waals surface area contributed by atoms with Crippen molar-refractivity contribution in [2.45, 2.75) is 16.8 Å². The van der Waals surface area contributed by atoms with Gasteiger partial charge in [0.15, 0.2) is 0 Å². The Labute approximate surface area is 92.9 Å². The van der Waals surface area contributed by atoms with Crippen LogP contribution in [0.1, 0.15) is 5.56 Å². The molecule has 2 aromatic rings. The Bertz CT molecular complexity index is 419. The van der Waals surface area contributed by atoms with Crippen LogP contribution in [0.15, 0.2) is 34.3 Å². The minimum absolute atomic E-state index is 1.32. The Balaban J connectivity index is 2.85. The summed E-state index contributed by atoms with van der Waals surface area (Å²) in [6.45, 7) is 2.20. The first-order valence-corrected chi connectivity index (χ1v) is 6.92. The van der Waals surface area contributed by atoms with E-state index in [0.717, 1.165) is 0 Å². The van der Waals surface area contributed by atoms with Crippen LogP contribution < -0.4 is 0 Å². The molecule has 0 radical (unpaired) electrons. The molecule has 0 amide bonds. The highest BCUT2D eigenvalue weighted by atomic mass is 32.2. The van der Waals surface area contributed by atoms with Crippen LogP contribution in [-0.4, -0.2) is 16.9 Å². The van der Waals surface area contributed by atoms with E-state index in [1.54, 1.807) is 0 Å². The quantitative estimate of drug-likeness (QED) is 0.715. The van der Waals surface area contributed by atoms with Gasteiger partial charge in [-0.3, -0.25) is 0 Å². The van der Waals surface area contributed by atoms with Gasteiger partial charge in [0.05, 0.1) is 10.5 Å². The Hall–Kier alpha value is -0.540. The van der Waals surface area contributed by atoms with Gasteiger partial charge >= 0.3 is 0 Å². The maximum atomic E-state index is 2.27. The molecule has 0 atom stereocenters. The largest absolute Gasteiger partial charge is 0.310 e. The van der Waals surface area contributed by atoms with Gasteiger partial charge < -0.3 is 4.40 Å². The standard InChI is InChI=1S/C11H13NS2/c1-8-10(13-2)9-6-4-5-7-12(9)11(8)14-3/h4-7H,1-3H3. The van der Waals surface area contributed by atoms with Crippen molar-refractivity contribution in [2.75, 3.05) is 12.5 Å². The van der Waals surface area contributed by atoms with Crippen molar-refractivity contribution in [3.63, 3.8) is 0 Å². The average molecular weight is 223 g/mol. The van der Waals surface area contributed by atoms with Crippen LogP contribution in [0.25, 0.3) is 5.52 Å². The lowest BCUT2D eigenvalue weighted by molar-refractivity contribution is 1.03. The number of nitrogens with zero attached hydrogens (tertiary/aromatic N) is 1. The first-order valence-electron chi connectivity index (χ1n) is 4.47. The summed E-state index contributed by atoms with van der Waals surface area (Å²) in [4.78, 5) is 1.40. The molecule has 0 fully saturated rings. The molecule has 1 nitrogen and oxygen atoms in total. The number of hydrogen-bond donors (Lipinski definition) is 0. The summed E-state index contributed by atoms with van der Waals surface area (Å²) in [6, 6.07) is 6.35. The van der Waals surface area contributed by atoms with Gasteiger partial charge in [0, 0.05) is 11.1 Å². The predicted octanol–water partition coefficient (Wildman–Crippen LogP) is 3.69. The van der Waals surface area contributed by atoms with Crippen LogP contribution in [-0.2, 0) is 0 Å². The van der Waals surface area contributed by atoms with Crippen molar-refractivity contribution < 1.29 is 0 Å². The van der Waals surface area contributed by atoms with Crippen molar-refractivity contribution in [3.8, 4) is 0 Å². The maximum Gasteiger partial charge on any atom is 0.0832 e. The highest BCUT2D eigenvalue weighted by molar-refractivity contribution is 7.99. The maximum absolute atomic E-state index is 2.27. The normalized spacial score (nSPS) is 11.1. The number of fused-ring (bicyclic) bond motifs is 1. The van der Waals surface area contributed by atoms with Crippen molar-refractivity contribution in [1.29, 1.82) is 0 Å². The van der Waals surface area contributed by atoms with E-state index in [2.05, 4.69) is 48.2 Å². The fraction of sp³-hybridized carbons (Fsp3) is 0.273. The molecule has 0 aromatic carbocycles. The molecule has 0 aliphatic rings. The van der Waals surface area contributed by atoms with Crippen molar-refractivity contribution in [2.24, 2.45) is 0 Å². The summed E-state index contributed by atoms with van der Waals surface area (Å²) in [5.41, 5.74) is 2.72. The SMILES string of the molecule is CSc1c(C)c(SC)n2ccccc12. The minimum Gasteiger partial charge on any atom is -0.310 e. The van der Waals surface area contributed by atoms with E-state index in [0.29, 0.717) is 0 Å². The topological polar surface area (TPSA) is 4.41 Å². The molecule has 0 saturated heterocycles. The third-order valence-corrected chi connectivity index (χ3v) is 4.18. The molecule has 0 saturated carbocycles. The second kappa shape index (κ2) is 3.91. The summed E-state index contributed by atoms with van der Waals surface area (Å²) < 4.78 is 2.27. The average Bonchev–Trinajstić information content (AvgIpc) is 2.49. The molecule has 2 heterocycles. The molecule has 0 aliphatic carbocycles. The first kappa shape index (κ1) is 9.99. The van der Waals surface area contributed by atoms with Gasteiger partial charge in [-0.2, -0.15) is 0 Å². The number of rotatable bonds is 2. The molecule has 0 N–H and O–H groups in total. The summed E-state index contributed by atoms with van der Waals surface area (Å²) >= 11 is 3.64. The monoisotopic (exact) mass is 223 g/mol. The van der Waals surface area contributed by atoms with E-state index in [1.165, 1.54) is 21.0 Å². The van der Waals surface area contributed by atoms with Crippen molar-refractivity contribution in [3.05, 3.63) is 30.0 Å². The van der Waals surface area contributed by atoms with Gasteiger partial charge in [-0.15, -0.1) is 23.5 Å². The number of pyridine rings is 1. The zero-order valence-electron chi connectivity index (χ0n) is 8.57. The molecular formula is C11H13NS2. The Morgan fingerprint density at radius 2 is 1.93 bits per heavy atom. The molecular weight excluding hydrogens is 210 g/mol. The molecule has 2 rings (SSSR count). The lowest BCUT2D eigenvalue weighted by Gasteiger charge is -1.98. The van der Waals surface area contributed by atoms with E-state index in [-0.39, 0.29) is 0 Å². The third kappa shape index (κ3) is 1.35. The van der Waals surface area contributed by atoms with Crippen LogP contribution in [0.3, 0.4) is 0 Å². The molecule has 0 bridgehead atoms. The zero-order valence-corrected chi connectivity index (χ0v) is 10.2. The highest BCUT2D eigenvalue weighted by Crippen LogP contribution is 2.34. The first-order chi connectivity index (χ1) is 6.79. The Morgan fingerprint density at radius 1 is 1.14 bits per heavy atom. The molecule has 0 aliphatic heterocycles. The van der Waals surface area contributed by atoms with Crippen molar-refractivity contribution >= 4 is 29.0 Å². The molecule has 0 unspecified atom stereocenters. The highest BCUT2D eigenvalue weighted by Gasteiger charge is 2.12. The van der Waals surface area contributed by atoms with Gasteiger partial charge in [0.2, 0.25) is 0 Å². The van der Waals surface area contributed by atoms with Gasteiger partial charge in [-0.25, -0.2) is 0 Å². The lowest BCUT2D eigenvalue weighted by atomic mass is 10.3. The Kier molecular flexibility index (Phi) is 2.79. The van der Waals surface area contributed by atoms with Crippen LogP contribution in [0.4, 0.5) is 0 Å². The summed E-state index contributed by atoms with van der Waals surface area (Å²) in [7, 11) is 0. The van der Waals surface area contributed by atoms with Crippen LogP contribution in [0.2, 0.25) is 0 Å². The second-order valence-corrected chi connectivity index (χ2v) is 4.73. The van der Waals surface area contributed by atoms with E-state index in [4.69, 9.17) is 0 Å². The van der Waals surface area contributed by atoms with E-state index in [9.17, 15) is 0 Å². The van der Waals surface area contributed by atoms with E-state index < -0.39 is 0 Å². The number of hydrogen-bond acceptors (Lipinski definition) is 2. The predicted molar refractivity (Wildman–Crippen MR) is 65.7 cm³/mol. The van der Waals surface area contributed by atoms with Gasteiger partial charge in [0.25, 0.3) is 0 Å². The number of thioether (sulfide) groups is 2. The molecule has 0 spiro atoms. The van der Waals surface area contributed by atoms with Crippen LogP contribution in [0, 0.1) is 6.92 Å². The van der Waals surface area contributed by atoms with Crippen LogP contribution >= 0.6 is 23.5 Å². The molecule has 3 heteroatoms. The van der Waals surface area contributed by atoms with Crippen molar-refractivity contribution in [1.82, 2.24) is 4.40 Å². The van der Waals surface area contributed by atoms with Gasteiger partial charge in [0.1, 0.15) is 0 Å². The number of aromatic nitrogens is 1. The van der Waals surface area contributed by atoms with Gasteiger partial charge in [-0.1, -0.05) is 6.07 Å². The molecule has 74 valence electrons. The van der Waals surface area contributed by atoms with E-state index >= 15 is 0 Å². The minimum atomic E-state index is 1.32. The Morgan fingerprint density at radius 3 is 2.57 bits per heavy atom. The smallest absolute Gasteiger partial charge is 0.0832 e. The van der Waals surface area contributed by atoms with Gasteiger partial charge in [-0.05, 0) is 37.1 Å².